The summed E-state index contributed by atoms with van der Waals surface area (Å²) in [6, 6.07) is 0. The average Bonchev–Trinajstić information content (AvgIpc) is 3.36. The van der Waals surface area contributed by atoms with Crippen molar-refractivity contribution in [2.24, 2.45) is 11.8 Å². The number of rotatable bonds is 5. The highest BCUT2D eigenvalue weighted by molar-refractivity contribution is 5.83. The maximum absolute atomic E-state index is 12.2. The molecule has 0 spiro atoms. The number of carboxylic acids is 1. The van der Waals surface area contributed by atoms with Gasteiger partial charge < -0.3 is 31.1 Å². The van der Waals surface area contributed by atoms with Crippen LogP contribution in [-0.4, -0.2) is 71.6 Å². The van der Waals surface area contributed by atoms with Crippen molar-refractivity contribution in [2.75, 3.05) is 12.3 Å². The first kappa shape index (κ1) is 23.9. The molecule has 2 aliphatic rings. The van der Waals surface area contributed by atoms with Crippen LogP contribution in [-0.2, 0) is 14.3 Å². The van der Waals surface area contributed by atoms with Gasteiger partial charge in [-0.2, -0.15) is 0 Å². The summed E-state index contributed by atoms with van der Waals surface area (Å²) in [5, 5.41) is 32.5. The molecule has 1 amide bonds. The number of aliphatic carboxylic acids is 1. The normalized spacial score (nSPS) is 28.9. The molecule has 1 aliphatic heterocycles. The van der Waals surface area contributed by atoms with E-state index in [4.69, 9.17) is 15.6 Å². The van der Waals surface area contributed by atoms with Gasteiger partial charge in [0.05, 0.1) is 12.2 Å². The lowest BCUT2D eigenvalue weighted by atomic mass is 9.81. The van der Waals surface area contributed by atoms with E-state index in [1.54, 1.807) is 6.92 Å². The Morgan fingerprint density at radius 2 is 1.97 bits per heavy atom. The second kappa shape index (κ2) is 9.92. The molecule has 12 nitrogen and oxygen atoms in total. The van der Waals surface area contributed by atoms with Gasteiger partial charge in [-0.3, -0.25) is 14.2 Å². The highest BCUT2D eigenvalue weighted by Crippen LogP contribution is 2.33. The number of aliphatic hydroxyl groups excluding tert-OH is 2. The van der Waals surface area contributed by atoms with Crippen LogP contribution in [0.25, 0.3) is 11.2 Å². The van der Waals surface area contributed by atoms with Crippen molar-refractivity contribution in [2.45, 2.75) is 63.6 Å². The number of hydrogen-bond acceptors (Lipinski definition) is 9. The Hall–Kier alpha value is -3.27. The zero-order valence-electron chi connectivity index (χ0n) is 18.7. The number of carbonyl (C=O) groups excluding carboxylic acids is 1. The summed E-state index contributed by atoms with van der Waals surface area (Å²) in [6.45, 7) is 2.09. The maximum atomic E-state index is 12.2. The highest BCUT2D eigenvalue weighted by Gasteiger charge is 2.47. The van der Waals surface area contributed by atoms with Gasteiger partial charge >= 0.3 is 5.97 Å². The minimum absolute atomic E-state index is 0.100. The second-order valence-electron chi connectivity index (χ2n) is 8.64. The average molecular weight is 473 g/mol. The molecule has 182 valence electrons. The molecule has 4 unspecified atom stereocenters. The minimum Gasteiger partial charge on any atom is -0.481 e. The fourth-order valence-corrected chi connectivity index (χ4v) is 4.45. The topological polar surface area (TPSA) is 186 Å². The van der Waals surface area contributed by atoms with E-state index in [2.05, 4.69) is 32.1 Å². The van der Waals surface area contributed by atoms with Gasteiger partial charge in [0.25, 0.3) is 5.91 Å². The molecule has 4 rings (SSSR count). The smallest absolute Gasteiger partial charge is 0.306 e. The third-order valence-corrected chi connectivity index (χ3v) is 6.36. The molecule has 3 heterocycles. The summed E-state index contributed by atoms with van der Waals surface area (Å²) >= 11 is 0. The Kier molecular flexibility index (Phi) is 6.97. The summed E-state index contributed by atoms with van der Waals surface area (Å²) < 4.78 is 7.05. The molecule has 0 bridgehead atoms. The largest absolute Gasteiger partial charge is 0.481 e. The predicted octanol–water partition coefficient (Wildman–Crippen LogP) is -0.204. The van der Waals surface area contributed by atoms with Crippen LogP contribution in [0.1, 0.15) is 51.1 Å². The van der Waals surface area contributed by atoms with E-state index in [1.165, 1.54) is 10.9 Å². The lowest BCUT2D eigenvalue weighted by molar-refractivity contribution is -0.143. The Labute approximate surface area is 195 Å². The van der Waals surface area contributed by atoms with Crippen LogP contribution < -0.4 is 11.1 Å². The zero-order chi connectivity index (χ0) is 24.4. The number of hydrogen-bond donors (Lipinski definition) is 5. The van der Waals surface area contributed by atoms with Crippen LogP contribution in [0.2, 0.25) is 0 Å². The van der Waals surface area contributed by atoms with Gasteiger partial charge in [0.15, 0.2) is 23.8 Å². The number of aromatic nitrogens is 4. The van der Waals surface area contributed by atoms with Gasteiger partial charge in [0, 0.05) is 13.0 Å². The number of likely N-dealkylation sites (N-methyl/N-ethyl adjacent to an activating group) is 1. The third kappa shape index (κ3) is 4.68. The van der Waals surface area contributed by atoms with E-state index in [9.17, 15) is 19.8 Å². The molecule has 1 aliphatic carbocycles. The van der Waals surface area contributed by atoms with Gasteiger partial charge in [0.2, 0.25) is 5.82 Å². The van der Waals surface area contributed by atoms with Crippen LogP contribution >= 0.6 is 0 Å². The Balaban J connectivity index is 1.52. The minimum atomic E-state index is -1.43. The molecule has 1 saturated carbocycles. The van der Waals surface area contributed by atoms with Crippen molar-refractivity contribution >= 4 is 28.9 Å². The molecule has 34 heavy (non-hydrogen) atoms. The van der Waals surface area contributed by atoms with Crippen LogP contribution in [0.5, 0.6) is 0 Å². The van der Waals surface area contributed by atoms with E-state index in [0.717, 1.165) is 12.8 Å². The standard InChI is InChI=1S/C22H28N6O6/c1-2-24-20(31)17-15(29)16(30)21(34-17)28-10-25-14-18(23)26-13(27-19(14)28)5-3-4-11-6-8-12(9-7-11)22(32)33/h10-12,15-17,21,29-30H,2,4,6-9H2,1H3,(H,24,31)(H,32,33)(H2,23,26,27). The maximum Gasteiger partial charge on any atom is 0.306 e. The fraction of sp³-hybridized carbons (Fsp3) is 0.591. The molecule has 12 heteroatoms. The number of ether oxygens (including phenoxy) is 1. The SMILES string of the molecule is CCNC(=O)C1OC(n2cnc3c(N)nc(C#CCC4CCC(C(=O)O)CC4)nc32)C(O)C1O. The van der Waals surface area contributed by atoms with Crippen LogP contribution in [0.15, 0.2) is 6.33 Å². The number of nitrogens with two attached hydrogens (primary N) is 1. The number of aliphatic hydroxyl groups is 2. The lowest BCUT2D eigenvalue weighted by Crippen LogP contribution is -2.42. The molecular weight excluding hydrogens is 444 g/mol. The van der Waals surface area contributed by atoms with Crippen LogP contribution in [0, 0.1) is 23.7 Å². The number of nitrogen functional groups attached to an aromatic ring is 1. The summed E-state index contributed by atoms with van der Waals surface area (Å²) in [5.41, 5.74) is 6.57. The van der Waals surface area contributed by atoms with Crippen molar-refractivity contribution in [3.05, 3.63) is 12.2 Å². The first-order chi connectivity index (χ1) is 16.3. The van der Waals surface area contributed by atoms with Gasteiger partial charge in [-0.05, 0) is 44.4 Å². The first-order valence-electron chi connectivity index (χ1n) is 11.3. The van der Waals surface area contributed by atoms with E-state index in [0.29, 0.717) is 31.7 Å². The number of imidazole rings is 1. The summed E-state index contributed by atoms with van der Waals surface area (Å²) in [7, 11) is 0. The predicted molar refractivity (Wildman–Crippen MR) is 119 cm³/mol. The van der Waals surface area contributed by atoms with Crippen LogP contribution in [0.3, 0.4) is 0 Å². The van der Waals surface area contributed by atoms with Crippen molar-refractivity contribution in [3.8, 4) is 11.8 Å². The van der Waals surface area contributed by atoms with E-state index < -0.39 is 36.4 Å². The van der Waals surface area contributed by atoms with Gasteiger partial charge in [-0.1, -0.05) is 5.92 Å². The van der Waals surface area contributed by atoms with E-state index in [-0.39, 0.29) is 28.7 Å². The number of nitrogens with one attached hydrogen (secondary N) is 1. The number of fused-ring (bicyclic) bond motifs is 1. The lowest BCUT2D eigenvalue weighted by Gasteiger charge is -2.24. The monoisotopic (exact) mass is 472 g/mol. The number of nitrogens with zero attached hydrogens (tertiary/aromatic N) is 4. The second-order valence-corrected chi connectivity index (χ2v) is 8.64. The first-order valence-corrected chi connectivity index (χ1v) is 11.3. The van der Waals surface area contributed by atoms with Crippen molar-refractivity contribution < 1.29 is 29.6 Å². The van der Waals surface area contributed by atoms with Gasteiger partial charge in [0.1, 0.15) is 17.7 Å². The molecule has 1 saturated heterocycles. The molecule has 0 aromatic carbocycles. The van der Waals surface area contributed by atoms with Crippen molar-refractivity contribution in [3.63, 3.8) is 0 Å². The molecule has 2 aromatic rings. The molecule has 2 aromatic heterocycles. The fourth-order valence-electron chi connectivity index (χ4n) is 4.45. The van der Waals surface area contributed by atoms with Gasteiger partial charge in [-0.15, -0.1) is 0 Å². The Morgan fingerprint density at radius 1 is 1.24 bits per heavy atom. The molecular formula is C22H28N6O6. The Bertz CT molecular complexity index is 1130. The summed E-state index contributed by atoms with van der Waals surface area (Å²) in [6.07, 6.45) is -0.281. The van der Waals surface area contributed by atoms with E-state index in [1.807, 2.05) is 0 Å². The number of carbonyl (C=O) groups is 2. The summed E-state index contributed by atoms with van der Waals surface area (Å²) in [4.78, 5) is 36.0. The van der Waals surface area contributed by atoms with Crippen molar-refractivity contribution in [1.29, 1.82) is 0 Å². The zero-order valence-corrected chi connectivity index (χ0v) is 18.7. The van der Waals surface area contributed by atoms with Crippen molar-refractivity contribution in [1.82, 2.24) is 24.8 Å². The quantitative estimate of drug-likeness (QED) is 0.365. The molecule has 4 atom stereocenters. The molecule has 6 N–H and O–H groups in total. The Morgan fingerprint density at radius 3 is 2.65 bits per heavy atom. The molecule has 2 fully saturated rings. The van der Waals surface area contributed by atoms with Crippen LogP contribution in [0.4, 0.5) is 5.82 Å². The third-order valence-electron chi connectivity index (χ3n) is 6.36. The number of carboxylic acid groups (broad SMARTS) is 1. The highest BCUT2D eigenvalue weighted by atomic mass is 16.6. The summed E-state index contributed by atoms with van der Waals surface area (Å²) in [5.74, 6) is 5.02. The number of anilines is 1. The molecule has 0 radical (unpaired) electrons. The van der Waals surface area contributed by atoms with Gasteiger partial charge in [-0.25, -0.2) is 15.0 Å². The number of amides is 1. The van der Waals surface area contributed by atoms with E-state index >= 15 is 0 Å².